The zero-order valence-electron chi connectivity index (χ0n) is 11.8. The fourth-order valence-electron chi connectivity index (χ4n) is 1.26. The third-order valence-corrected chi connectivity index (χ3v) is 2.74. The van der Waals surface area contributed by atoms with Crippen LogP contribution in [0.25, 0.3) is 0 Å². The molecular weight excluding hydrogens is 232 g/mol. The van der Waals surface area contributed by atoms with Crippen LogP contribution in [0.4, 0.5) is 0 Å². The number of unbranched alkanes of at least 4 members (excludes halogenated alkanes) is 2. The second-order valence-electron chi connectivity index (χ2n) is 5.38. The van der Waals surface area contributed by atoms with Gasteiger partial charge in [0.05, 0.1) is 6.34 Å². The summed E-state index contributed by atoms with van der Waals surface area (Å²) in [5.74, 6) is -0.0408. The van der Waals surface area contributed by atoms with Gasteiger partial charge < -0.3 is 9.33 Å². The van der Waals surface area contributed by atoms with E-state index in [-0.39, 0.29) is 5.97 Å². The number of carbonyl (C=O) groups excluding carboxylic acids is 1. The van der Waals surface area contributed by atoms with Crippen LogP contribution in [-0.4, -0.2) is 46.2 Å². The maximum atomic E-state index is 11.4. The van der Waals surface area contributed by atoms with Crippen LogP contribution in [0.15, 0.2) is 4.99 Å². The zero-order valence-corrected chi connectivity index (χ0v) is 12.8. The van der Waals surface area contributed by atoms with Crippen LogP contribution in [0.3, 0.4) is 0 Å². The SMILES string of the molecule is CN(C)C=NCCCCCC(=O)O[Si](C)(C)C. The van der Waals surface area contributed by atoms with Gasteiger partial charge in [-0.15, -0.1) is 0 Å². The van der Waals surface area contributed by atoms with E-state index >= 15 is 0 Å². The molecule has 0 fully saturated rings. The van der Waals surface area contributed by atoms with Crippen molar-refractivity contribution < 1.29 is 9.22 Å². The summed E-state index contributed by atoms with van der Waals surface area (Å²) < 4.78 is 5.36. The monoisotopic (exact) mass is 258 g/mol. The molecule has 0 rings (SSSR count). The van der Waals surface area contributed by atoms with Gasteiger partial charge in [0.15, 0.2) is 0 Å². The van der Waals surface area contributed by atoms with Gasteiger partial charge in [0.1, 0.15) is 0 Å². The Kier molecular flexibility index (Phi) is 7.87. The topological polar surface area (TPSA) is 41.9 Å². The highest BCUT2D eigenvalue weighted by molar-refractivity contribution is 6.71. The van der Waals surface area contributed by atoms with Crippen LogP contribution >= 0.6 is 0 Å². The van der Waals surface area contributed by atoms with E-state index in [0.717, 1.165) is 25.8 Å². The molecule has 0 radical (unpaired) electrons. The van der Waals surface area contributed by atoms with E-state index in [2.05, 4.69) is 4.99 Å². The number of carbonyl (C=O) groups is 1. The molecule has 0 amide bonds. The van der Waals surface area contributed by atoms with Crippen molar-refractivity contribution in [3.8, 4) is 0 Å². The Balaban J connectivity index is 3.43. The van der Waals surface area contributed by atoms with Crippen molar-refractivity contribution in [1.29, 1.82) is 0 Å². The molecule has 0 spiro atoms. The van der Waals surface area contributed by atoms with Crippen molar-refractivity contribution in [1.82, 2.24) is 4.90 Å². The fraction of sp³-hybridized carbons (Fsp3) is 0.833. The lowest BCUT2D eigenvalue weighted by Gasteiger charge is -2.17. The molecule has 0 bridgehead atoms. The number of hydrogen-bond donors (Lipinski definition) is 0. The molecule has 0 atom stereocenters. The van der Waals surface area contributed by atoms with Crippen LogP contribution in [-0.2, 0) is 9.22 Å². The van der Waals surface area contributed by atoms with Gasteiger partial charge in [-0.2, -0.15) is 0 Å². The molecule has 0 aromatic carbocycles. The predicted octanol–water partition coefficient (Wildman–Crippen LogP) is 2.51. The summed E-state index contributed by atoms with van der Waals surface area (Å²) in [6, 6.07) is 0. The van der Waals surface area contributed by atoms with Gasteiger partial charge in [-0.25, -0.2) is 0 Å². The Morgan fingerprint density at radius 1 is 1.24 bits per heavy atom. The lowest BCUT2D eigenvalue weighted by molar-refractivity contribution is -0.135. The molecule has 0 aliphatic rings. The third kappa shape index (κ3) is 13.1. The van der Waals surface area contributed by atoms with E-state index in [1.165, 1.54) is 0 Å². The van der Waals surface area contributed by atoms with Crippen LogP contribution in [0.1, 0.15) is 25.7 Å². The number of aliphatic imine (C=N–C) groups is 1. The Bertz CT molecular complexity index is 247. The van der Waals surface area contributed by atoms with Gasteiger partial charge in [-0.1, -0.05) is 6.42 Å². The summed E-state index contributed by atoms with van der Waals surface area (Å²) in [7, 11) is 2.22. The first-order chi connectivity index (χ1) is 7.81. The van der Waals surface area contributed by atoms with Crippen LogP contribution in [0.2, 0.25) is 19.6 Å². The molecule has 0 saturated heterocycles. The van der Waals surface area contributed by atoms with Crippen LogP contribution in [0, 0.1) is 0 Å². The van der Waals surface area contributed by atoms with E-state index in [4.69, 9.17) is 4.43 Å². The van der Waals surface area contributed by atoms with Crippen LogP contribution in [0.5, 0.6) is 0 Å². The minimum atomic E-state index is -1.69. The first-order valence-corrected chi connectivity index (χ1v) is 9.60. The number of nitrogens with zero attached hydrogens (tertiary/aromatic N) is 2. The molecule has 0 saturated carbocycles. The Morgan fingerprint density at radius 2 is 1.88 bits per heavy atom. The Morgan fingerprint density at radius 3 is 2.41 bits per heavy atom. The predicted molar refractivity (Wildman–Crippen MR) is 75.0 cm³/mol. The Hall–Kier alpha value is -0.843. The first kappa shape index (κ1) is 16.2. The van der Waals surface area contributed by atoms with E-state index in [1.54, 1.807) is 0 Å². The van der Waals surface area contributed by atoms with Crippen molar-refractivity contribution in [3.05, 3.63) is 0 Å². The first-order valence-electron chi connectivity index (χ1n) is 6.19. The highest BCUT2D eigenvalue weighted by atomic mass is 28.4. The summed E-state index contributed by atoms with van der Waals surface area (Å²) in [6.45, 7) is 6.92. The van der Waals surface area contributed by atoms with E-state index in [1.807, 2.05) is 45.0 Å². The van der Waals surface area contributed by atoms with Gasteiger partial charge in [-0.05, 0) is 32.5 Å². The van der Waals surface area contributed by atoms with Gasteiger partial charge in [0, 0.05) is 27.1 Å². The average molecular weight is 258 g/mol. The lowest BCUT2D eigenvalue weighted by atomic mass is 10.2. The maximum Gasteiger partial charge on any atom is 0.292 e. The molecule has 0 aliphatic heterocycles. The molecule has 4 nitrogen and oxygen atoms in total. The van der Waals surface area contributed by atoms with Crippen molar-refractivity contribution in [2.24, 2.45) is 4.99 Å². The fourth-order valence-corrected chi connectivity index (χ4v) is 2.05. The molecule has 0 heterocycles. The highest BCUT2D eigenvalue weighted by Gasteiger charge is 2.19. The van der Waals surface area contributed by atoms with Crippen molar-refractivity contribution in [2.45, 2.75) is 45.3 Å². The summed E-state index contributed by atoms with van der Waals surface area (Å²) in [5, 5.41) is 0. The quantitative estimate of drug-likeness (QED) is 0.291. The minimum Gasteiger partial charge on any atom is -0.520 e. The third-order valence-electron chi connectivity index (χ3n) is 1.90. The highest BCUT2D eigenvalue weighted by Crippen LogP contribution is 2.07. The summed E-state index contributed by atoms with van der Waals surface area (Å²) >= 11 is 0. The molecule has 0 unspecified atom stereocenters. The van der Waals surface area contributed by atoms with Gasteiger partial charge in [0.25, 0.3) is 5.97 Å². The minimum absolute atomic E-state index is 0.0408. The van der Waals surface area contributed by atoms with Crippen molar-refractivity contribution in [2.75, 3.05) is 20.6 Å². The normalized spacial score (nSPS) is 11.8. The van der Waals surface area contributed by atoms with E-state index < -0.39 is 8.32 Å². The smallest absolute Gasteiger partial charge is 0.292 e. The second-order valence-corrected chi connectivity index (χ2v) is 9.81. The molecular formula is C12H26N2O2Si. The number of rotatable bonds is 8. The Labute approximate surface area is 106 Å². The average Bonchev–Trinajstić information content (AvgIpc) is 2.12. The van der Waals surface area contributed by atoms with Crippen molar-refractivity contribution in [3.63, 3.8) is 0 Å². The molecule has 5 heteroatoms. The summed E-state index contributed by atoms with van der Waals surface area (Å²) in [6.07, 6.45) is 5.33. The summed E-state index contributed by atoms with van der Waals surface area (Å²) in [4.78, 5) is 17.6. The van der Waals surface area contributed by atoms with Gasteiger partial charge in [-0.3, -0.25) is 9.79 Å². The standard InChI is InChI=1S/C12H26N2O2Si/c1-14(2)11-13-10-8-6-7-9-12(15)16-17(3,4)5/h11H,6-10H2,1-5H3. The van der Waals surface area contributed by atoms with Crippen molar-refractivity contribution >= 4 is 20.6 Å². The molecule has 100 valence electrons. The van der Waals surface area contributed by atoms with Gasteiger partial charge in [0.2, 0.25) is 8.32 Å². The molecule has 0 aromatic heterocycles. The molecule has 17 heavy (non-hydrogen) atoms. The molecule has 0 N–H and O–H groups in total. The summed E-state index contributed by atoms with van der Waals surface area (Å²) in [5.41, 5.74) is 0. The van der Waals surface area contributed by atoms with E-state index in [9.17, 15) is 4.79 Å². The second kappa shape index (κ2) is 8.28. The molecule has 0 aromatic rings. The van der Waals surface area contributed by atoms with Gasteiger partial charge >= 0.3 is 0 Å². The van der Waals surface area contributed by atoms with Crippen LogP contribution < -0.4 is 0 Å². The molecule has 0 aliphatic carbocycles. The maximum absolute atomic E-state index is 11.4. The largest absolute Gasteiger partial charge is 0.520 e. The zero-order chi connectivity index (χ0) is 13.3. The van der Waals surface area contributed by atoms with E-state index in [0.29, 0.717) is 6.42 Å². The lowest BCUT2D eigenvalue weighted by Crippen LogP contribution is -2.28. The number of hydrogen-bond acceptors (Lipinski definition) is 3.